The number of amides is 1. The topological polar surface area (TPSA) is 93.7 Å². The van der Waals surface area contributed by atoms with E-state index < -0.39 is 0 Å². The van der Waals surface area contributed by atoms with Crippen molar-refractivity contribution in [1.82, 2.24) is 5.32 Å². The number of fused-ring (bicyclic) bond motifs is 1. The molecule has 0 spiro atoms. The van der Waals surface area contributed by atoms with Crippen molar-refractivity contribution >= 4 is 51.5 Å². The van der Waals surface area contributed by atoms with E-state index in [1.54, 1.807) is 6.92 Å². The van der Waals surface area contributed by atoms with Crippen LogP contribution in [0.4, 0.5) is 5.00 Å². The van der Waals surface area contributed by atoms with Crippen LogP contribution < -0.4 is 10.6 Å². The lowest BCUT2D eigenvalue weighted by molar-refractivity contribution is -0.143. The second kappa shape index (κ2) is 13.9. The van der Waals surface area contributed by atoms with Gasteiger partial charge in [-0.05, 0) is 75.2 Å². The summed E-state index contributed by atoms with van der Waals surface area (Å²) in [4.78, 5) is 37.9. The van der Waals surface area contributed by atoms with E-state index in [0.29, 0.717) is 30.2 Å². The average molecular weight is 517 g/mol. The van der Waals surface area contributed by atoms with Crippen molar-refractivity contribution in [3.63, 3.8) is 0 Å². The summed E-state index contributed by atoms with van der Waals surface area (Å²) in [6.45, 7) is 2.43. The number of thiocarbonyl (C=S) groups is 1. The first kappa shape index (κ1) is 26.8. The molecule has 0 unspecified atom stereocenters. The van der Waals surface area contributed by atoms with Crippen molar-refractivity contribution in [3.8, 4) is 0 Å². The highest BCUT2D eigenvalue weighted by atomic mass is 32.1. The molecular formula is C26H32N2O5S2. The predicted molar refractivity (Wildman–Crippen MR) is 141 cm³/mol. The first-order valence-corrected chi connectivity index (χ1v) is 13.3. The smallest absolute Gasteiger partial charge is 0.341 e. The number of anilines is 1. The molecule has 1 aliphatic carbocycles. The fourth-order valence-electron chi connectivity index (χ4n) is 3.97. The lowest BCUT2D eigenvalue weighted by Crippen LogP contribution is -2.34. The lowest BCUT2D eigenvalue weighted by atomic mass is 9.95. The zero-order valence-electron chi connectivity index (χ0n) is 20.0. The van der Waals surface area contributed by atoms with Gasteiger partial charge in [0.25, 0.3) is 0 Å². The monoisotopic (exact) mass is 516 g/mol. The number of carbonyl (C=O) groups is 3. The molecule has 7 nitrogen and oxygen atoms in total. The van der Waals surface area contributed by atoms with E-state index in [4.69, 9.17) is 21.7 Å². The van der Waals surface area contributed by atoms with Crippen LogP contribution >= 0.6 is 23.6 Å². The van der Waals surface area contributed by atoms with E-state index in [9.17, 15) is 14.4 Å². The highest BCUT2D eigenvalue weighted by Crippen LogP contribution is 2.38. The molecule has 2 N–H and O–H groups in total. The molecule has 2 aromatic rings. The molecule has 1 heterocycles. The zero-order valence-corrected chi connectivity index (χ0v) is 21.7. The largest absolute Gasteiger partial charge is 0.466 e. The summed E-state index contributed by atoms with van der Waals surface area (Å²) in [6.07, 6.45) is 6.18. The molecule has 0 radical (unpaired) electrons. The van der Waals surface area contributed by atoms with Gasteiger partial charge in [-0.1, -0.05) is 30.3 Å². The first-order chi connectivity index (χ1) is 17.0. The summed E-state index contributed by atoms with van der Waals surface area (Å²) in [5.41, 5.74) is 2.76. The summed E-state index contributed by atoms with van der Waals surface area (Å²) in [6, 6.07) is 10.0. The van der Waals surface area contributed by atoms with Crippen LogP contribution in [0.15, 0.2) is 30.3 Å². The van der Waals surface area contributed by atoms with Crippen LogP contribution in [0.5, 0.6) is 0 Å². The Morgan fingerprint density at radius 2 is 1.80 bits per heavy atom. The fraction of sp³-hybridized carbons (Fsp3) is 0.462. The molecule has 1 aliphatic rings. The van der Waals surface area contributed by atoms with E-state index in [-0.39, 0.29) is 35.8 Å². The maximum Gasteiger partial charge on any atom is 0.341 e. The highest BCUT2D eigenvalue weighted by molar-refractivity contribution is 7.80. The van der Waals surface area contributed by atoms with Crippen LogP contribution in [0, 0.1) is 0 Å². The summed E-state index contributed by atoms with van der Waals surface area (Å²) in [5, 5.41) is 6.38. The number of ether oxygens (including phenoxy) is 2. The van der Waals surface area contributed by atoms with Gasteiger partial charge in [0.1, 0.15) is 5.00 Å². The van der Waals surface area contributed by atoms with Crippen molar-refractivity contribution in [1.29, 1.82) is 0 Å². The minimum atomic E-state index is -0.370. The molecule has 0 atom stereocenters. The summed E-state index contributed by atoms with van der Waals surface area (Å²) >= 11 is 6.79. The molecule has 9 heteroatoms. The van der Waals surface area contributed by atoms with Gasteiger partial charge in [-0.15, -0.1) is 11.3 Å². The van der Waals surface area contributed by atoms with Gasteiger partial charge >= 0.3 is 11.9 Å². The van der Waals surface area contributed by atoms with Crippen molar-refractivity contribution in [2.45, 2.75) is 64.7 Å². The minimum Gasteiger partial charge on any atom is -0.466 e. The van der Waals surface area contributed by atoms with Crippen molar-refractivity contribution in [2.75, 3.05) is 18.5 Å². The molecule has 0 saturated heterocycles. The van der Waals surface area contributed by atoms with Gasteiger partial charge in [0.15, 0.2) is 5.11 Å². The van der Waals surface area contributed by atoms with Crippen LogP contribution in [-0.4, -0.2) is 36.2 Å². The van der Waals surface area contributed by atoms with Crippen molar-refractivity contribution < 1.29 is 23.9 Å². The number of hydrogen-bond acceptors (Lipinski definition) is 7. The molecule has 0 fully saturated rings. The number of benzene rings is 1. The number of thiophene rings is 1. The third kappa shape index (κ3) is 8.43. The van der Waals surface area contributed by atoms with E-state index >= 15 is 0 Å². The molecule has 1 aromatic heterocycles. The van der Waals surface area contributed by atoms with Gasteiger partial charge in [0.05, 0.1) is 18.8 Å². The Hall–Kier alpha value is -2.78. The third-order valence-electron chi connectivity index (χ3n) is 5.63. The Balaban J connectivity index is 1.38. The Morgan fingerprint density at radius 1 is 1.03 bits per heavy atom. The van der Waals surface area contributed by atoms with Gasteiger partial charge in [-0.2, -0.15) is 0 Å². The van der Waals surface area contributed by atoms with Gasteiger partial charge in [0.2, 0.25) is 5.91 Å². The van der Waals surface area contributed by atoms with Crippen molar-refractivity contribution in [3.05, 3.63) is 51.9 Å². The normalized spacial score (nSPS) is 12.4. The molecule has 1 aromatic carbocycles. The third-order valence-corrected chi connectivity index (χ3v) is 7.04. The minimum absolute atomic E-state index is 0.127. The van der Waals surface area contributed by atoms with Gasteiger partial charge in [-0.3, -0.25) is 9.59 Å². The fourth-order valence-corrected chi connectivity index (χ4v) is 5.53. The van der Waals surface area contributed by atoms with Gasteiger partial charge in [-0.25, -0.2) is 4.79 Å². The van der Waals surface area contributed by atoms with Crippen LogP contribution in [0.25, 0.3) is 0 Å². The second-order valence-electron chi connectivity index (χ2n) is 8.30. The zero-order chi connectivity index (χ0) is 25.0. The Bertz CT molecular complexity index is 1040. The van der Waals surface area contributed by atoms with Crippen molar-refractivity contribution in [2.24, 2.45) is 0 Å². The maximum absolute atomic E-state index is 12.5. The quantitative estimate of drug-likeness (QED) is 0.248. The Kier molecular flexibility index (Phi) is 10.7. The molecule has 188 valence electrons. The summed E-state index contributed by atoms with van der Waals surface area (Å²) in [5.74, 6) is -0.973. The van der Waals surface area contributed by atoms with E-state index in [1.165, 1.54) is 21.8 Å². The predicted octanol–water partition coefficient (Wildman–Crippen LogP) is 4.96. The Morgan fingerprint density at radius 3 is 2.57 bits per heavy atom. The van der Waals surface area contributed by atoms with Gasteiger partial charge < -0.3 is 20.1 Å². The summed E-state index contributed by atoms with van der Waals surface area (Å²) < 4.78 is 10.5. The van der Waals surface area contributed by atoms with Crippen LogP contribution in [0.2, 0.25) is 0 Å². The second-order valence-corrected chi connectivity index (χ2v) is 9.81. The number of carbonyl (C=O) groups excluding carboxylic acids is 3. The number of rotatable bonds is 11. The average Bonchev–Trinajstić information content (AvgIpc) is 3.20. The first-order valence-electron chi connectivity index (χ1n) is 12.1. The molecule has 35 heavy (non-hydrogen) atoms. The van der Waals surface area contributed by atoms with E-state index in [2.05, 4.69) is 10.6 Å². The van der Waals surface area contributed by atoms with Crippen LogP contribution in [0.1, 0.15) is 71.8 Å². The molecule has 0 aliphatic heterocycles. The number of nitrogens with one attached hydrogen (secondary N) is 2. The van der Waals surface area contributed by atoms with Gasteiger partial charge in [0, 0.05) is 17.7 Å². The van der Waals surface area contributed by atoms with Crippen LogP contribution in [0.3, 0.4) is 0 Å². The van der Waals surface area contributed by atoms with Crippen LogP contribution in [-0.2, 0) is 38.3 Å². The highest BCUT2D eigenvalue weighted by Gasteiger charge is 2.27. The molecule has 0 bridgehead atoms. The number of esters is 2. The SMILES string of the molecule is CCOC(=O)c1c(NC(=S)NC(=O)CCCC(=O)OCCCc2ccccc2)sc2c1CCCC2. The van der Waals surface area contributed by atoms with E-state index in [1.807, 2.05) is 30.3 Å². The molecule has 3 rings (SSSR count). The molecule has 1 amide bonds. The number of hydrogen-bond donors (Lipinski definition) is 2. The molecule has 0 saturated carbocycles. The molecular weight excluding hydrogens is 484 g/mol. The lowest BCUT2D eigenvalue weighted by Gasteiger charge is -2.13. The van der Waals surface area contributed by atoms with E-state index in [0.717, 1.165) is 44.1 Å². The summed E-state index contributed by atoms with van der Waals surface area (Å²) in [7, 11) is 0. The Labute approximate surface area is 215 Å². The number of aryl methyl sites for hydroxylation is 2. The maximum atomic E-state index is 12.5. The standard InChI is InChI=1S/C26H32N2O5S2/c1-2-32-25(31)23-19-13-6-7-14-20(19)35-24(23)28-26(34)27-21(29)15-8-16-22(30)33-17-9-12-18-10-4-3-5-11-18/h3-5,10-11H,2,6-9,12-17H2,1H3,(H2,27,28,29,34).